The summed E-state index contributed by atoms with van der Waals surface area (Å²) in [7, 11) is 3.81. The number of hydrogen-bond donors (Lipinski definition) is 1. The van der Waals surface area contributed by atoms with Crippen LogP contribution in [0.2, 0.25) is 5.02 Å². The molecule has 1 fully saturated rings. The summed E-state index contributed by atoms with van der Waals surface area (Å²) in [5.74, 6) is 1.65. The van der Waals surface area contributed by atoms with Gasteiger partial charge in [-0.25, -0.2) is 4.68 Å². The van der Waals surface area contributed by atoms with Crippen molar-refractivity contribution in [2.24, 2.45) is 10.9 Å². The summed E-state index contributed by atoms with van der Waals surface area (Å²) in [6.45, 7) is 3.09. The Labute approximate surface area is 183 Å². The van der Waals surface area contributed by atoms with Crippen LogP contribution in [0.3, 0.4) is 0 Å². The van der Waals surface area contributed by atoms with Crippen LogP contribution in [0.15, 0.2) is 41.7 Å². The average Bonchev–Trinajstić information content (AvgIpc) is 3.36. The maximum absolute atomic E-state index is 5.93. The molecule has 0 bridgehead atoms. The van der Waals surface area contributed by atoms with Gasteiger partial charge in [-0.3, -0.25) is 4.99 Å². The summed E-state index contributed by atoms with van der Waals surface area (Å²) < 4.78 is 7.54. The third kappa shape index (κ3) is 6.97. The lowest BCUT2D eigenvalue weighted by Crippen LogP contribution is -2.40. The molecule has 8 heteroatoms. The highest BCUT2D eigenvalue weighted by atomic mass is 127. The Morgan fingerprint density at radius 2 is 2.11 bits per heavy atom. The maximum atomic E-state index is 5.93. The Kier molecular flexibility index (Phi) is 8.85. The van der Waals surface area contributed by atoms with Crippen LogP contribution in [0.25, 0.3) is 5.69 Å². The predicted octanol–water partition coefficient (Wildman–Crippen LogP) is 3.58. The molecule has 0 amide bonds. The van der Waals surface area contributed by atoms with Crippen LogP contribution in [-0.2, 0) is 11.3 Å². The zero-order valence-corrected chi connectivity index (χ0v) is 18.9. The number of rotatable bonds is 8. The smallest absolute Gasteiger partial charge is 0.193 e. The topological polar surface area (TPSA) is 54.7 Å². The molecule has 0 aliphatic heterocycles. The third-order valence-electron chi connectivity index (χ3n) is 4.37. The van der Waals surface area contributed by atoms with E-state index in [9.17, 15) is 0 Å². The lowest BCUT2D eigenvalue weighted by molar-refractivity contribution is 0.115. The molecule has 1 heterocycles. The van der Waals surface area contributed by atoms with Crippen molar-refractivity contribution in [2.75, 3.05) is 33.9 Å². The van der Waals surface area contributed by atoms with Gasteiger partial charge in [0.25, 0.3) is 0 Å². The second-order valence-electron chi connectivity index (χ2n) is 6.61. The van der Waals surface area contributed by atoms with Crippen molar-refractivity contribution in [3.8, 4) is 5.69 Å². The van der Waals surface area contributed by atoms with Gasteiger partial charge in [-0.15, -0.1) is 24.0 Å². The first kappa shape index (κ1) is 22.0. The summed E-state index contributed by atoms with van der Waals surface area (Å²) in [4.78, 5) is 6.42. The average molecular weight is 504 g/mol. The number of benzene rings is 1. The molecular formula is C19H27ClIN5O. The van der Waals surface area contributed by atoms with Gasteiger partial charge in [0, 0.05) is 50.6 Å². The van der Waals surface area contributed by atoms with Gasteiger partial charge in [0.2, 0.25) is 0 Å². The number of nitrogens with one attached hydrogen (secondary N) is 1. The predicted molar refractivity (Wildman–Crippen MR) is 120 cm³/mol. The second-order valence-corrected chi connectivity index (χ2v) is 7.05. The molecule has 0 atom stereocenters. The van der Waals surface area contributed by atoms with Crippen molar-refractivity contribution in [2.45, 2.75) is 19.4 Å². The Bertz CT molecular complexity index is 730. The number of aliphatic imine (C=N–C) groups is 1. The van der Waals surface area contributed by atoms with Crippen molar-refractivity contribution in [1.82, 2.24) is 20.0 Å². The van der Waals surface area contributed by atoms with Crippen LogP contribution >= 0.6 is 35.6 Å². The van der Waals surface area contributed by atoms with E-state index >= 15 is 0 Å². The molecule has 0 unspecified atom stereocenters. The van der Waals surface area contributed by atoms with E-state index < -0.39 is 0 Å². The summed E-state index contributed by atoms with van der Waals surface area (Å²) in [6, 6.07) is 7.61. The number of likely N-dealkylation sites (N-methyl/N-ethyl adjacent to an activating group) is 1. The van der Waals surface area contributed by atoms with Crippen molar-refractivity contribution in [3.63, 3.8) is 0 Å². The highest BCUT2D eigenvalue weighted by Crippen LogP contribution is 2.28. The van der Waals surface area contributed by atoms with Crippen LogP contribution < -0.4 is 5.32 Å². The van der Waals surface area contributed by atoms with Gasteiger partial charge in [0.05, 0.1) is 18.5 Å². The lowest BCUT2D eigenvalue weighted by Gasteiger charge is -2.21. The minimum Gasteiger partial charge on any atom is -0.379 e. The van der Waals surface area contributed by atoms with E-state index in [1.807, 2.05) is 48.4 Å². The molecule has 1 saturated carbocycles. The summed E-state index contributed by atoms with van der Waals surface area (Å²) in [6.07, 6.45) is 6.50. The number of nitrogens with zero attached hydrogens (tertiary/aromatic N) is 4. The van der Waals surface area contributed by atoms with Crippen LogP contribution in [0.4, 0.5) is 0 Å². The van der Waals surface area contributed by atoms with Gasteiger partial charge < -0.3 is 15.0 Å². The van der Waals surface area contributed by atoms with E-state index in [4.69, 9.17) is 16.3 Å². The van der Waals surface area contributed by atoms with E-state index in [-0.39, 0.29) is 24.0 Å². The van der Waals surface area contributed by atoms with E-state index in [0.717, 1.165) is 47.9 Å². The standard InChI is InChI=1S/C19H26ClN5O.HI/c1-21-19(24(2)9-10-26-14-15-3-4-15)22-11-16-12-23-25(13-16)18-7-5-17(20)6-8-18;/h5-8,12-13,15H,3-4,9-11,14H2,1-2H3,(H,21,22);1H. The summed E-state index contributed by atoms with van der Waals surface area (Å²) in [5, 5.41) is 8.49. The Morgan fingerprint density at radius 1 is 1.37 bits per heavy atom. The van der Waals surface area contributed by atoms with Gasteiger partial charge in [0.15, 0.2) is 5.96 Å². The van der Waals surface area contributed by atoms with Crippen molar-refractivity contribution in [1.29, 1.82) is 0 Å². The second kappa shape index (κ2) is 10.9. The zero-order valence-electron chi connectivity index (χ0n) is 15.8. The number of ether oxygens (including phenoxy) is 1. The quantitative estimate of drug-likeness (QED) is 0.259. The molecule has 0 spiro atoms. The number of hydrogen-bond acceptors (Lipinski definition) is 3. The van der Waals surface area contributed by atoms with E-state index in [2.05, 4.69) is 20.3 Å². The number of aromatic nitrogens is 2. The molecule has 1 N–H and O–H groups in total. The Hall–Kier alpha value is -1.32. The summed E-state index contributed by atoms with van der Waals surface area (Å²) in [5.41, 5.74) is 2.06. The molecule has 1 aromatic heterocycles. The minimum absolute atomic E-state index is 0. The fourth-order valence-corrected chi connectivity index (χ4v) is 2.72. The largest absolute Gasteiger partial charge is 0.379 e. The normalized spacial score (nSPS) is 14.0. The van der Waals surface area contributed by atoms with Gasteiger partial charge in [0.1, 0.15) is 0 Å². The molecule has 148 valence electrons. The van der Waals surface area contributed by atoms with Gasteiger partial charge in [-0.05, 0) is 43.0 Å². The Balaban J connectivity index is 0.00000261. The molecule has 1 aliphatic carbocycles. The maximum Gasteiger partial charge on any atom is 0.193 e. The van der Waals surface area contributed by atoms with Crippen molar-refractivity contribution >= 4 is 41.5 Å². The SMILES string of the molecule is CN=C(NCc1cnn(-c2ccc(Cl)cc2)c1)N(C)CCOCC1CC1.I. The molecule has 27 heavy (non-hydrogen) atoms. The fraction of sp³-hybridized carbons (Fsp3) is 0.474. The third-order valence-corrected chi connectivity index (χ3v) is 4.62. The van der Waals surface area contributed by atoms with Gasteiger partial charge in [-0.1, -0.05) is 11.6 Å². The first-order valence-electron chi connectivity index (χ1n) is 8.94. The molecule has 1 aromatic carbocycles. The van der Waals surface area contributed by atoms with Crippen molar-refractivity contribution < 1.29 is 4.74 Å². The molecule has 0 saturated heterocycles. The zero-order chi connectivity index (χ0) is 18.4. The van der Waals surface area contributed by atoms with E-state index in [1.54, 1.807) is 7.05 Å². The number of guanidine groups is 1. The Morgan fingerprint density at radius 3 is 2.78 bits per heavy atom. The van der Waals surface area contributed by atoms with Crippen LogP contribution in [0.1, 0.15) is 18.4 Å². The van der Waals surface area contributed by atoms with Crippen LogP contribution in [-0.4, -0.2) is 54.5 Å². The molecule has 6 nitrogen and oxygen atoms in total. The first-order chi connectivity index (χ1) is 12.7. The first-order valence-corrected chi connectivity index (χ1v) is 9.32. The highest BCUT2D eigenvalue weighted by molar-refractivity contribution is 14.0. The van der Waals surface area contributed by atoms with Crippen LogP contribution in [0.5, 0.6) is 0 Å². The molecule has 0 radical (unpaired) electrons. The molecule has 3 rings (SSSR count). The highest BCUT2D eigenvalue weighted by Gasteiger charge is 2.21. The fourth-order valence-electron chi connectivity index (χ4n) is 2.59. The molecule has 2 aromatic rings. The van der Waals surface area contributed by atoms with E-state index in [0.29, 0.717) is 6.54 Å². The van der Waals surface area contributed by atoms with Gasteiger partial charge in [-0.2, -0.15) is 5.10 Å². The molecular weight excluding hydrogens is 477 g/mol. The lowest BCUT2D eigenvalue weighted by atomic mass is 10.3. The van der Waals surface area contributed by atoms with Gasteiger partial charge >= 0.3 is 0 Å². The monoisotopic (exact) mass is 503 g/mol. The van der Waals surface area contributed by atoms with E-state index in [1.165, 1.54) is 12.8 Å². The van der Waals surface area contributed by atoms with Crippen LogP contribution in [0, 0.1) is 5.92 Å². The summed E-state index contributed by atoms with van der Waals surface area (Å²) >= 11 is 5.93. The minimum atomic E-state index is 0. The number of halogens is 2. The molecule has 1 aliphatic rings. The van der Waals surface area contributed by atoms with Crippen molar-refractivity contribution in [3.05, 3.63) is 47.2 Å².